The van der Waals surface area contributed by atoms with Crippen LogP contribution in [0.1, 0.15) is 0 Å². The Morgan fingerprint density at radius 3 is 2.29 bits per heavy atom. The van der Waals surface area contributed by atoms with Gasteiger partial charge in [0.05, 0.1) is 27.7 Å². The number of halogens is 1. The Balaban J connectivity index is 2.06. The van der Waals surface area contributed by atoms with E-state index in [9.17, 15) is 10.1 Å². The molecule has 6 heteroatoms. The smallest absolute Gasteiger partial charge is 0.295 e. The first kappa shape index (κ1) is 14.7. The average Bonchev–Trinajstić information content (AvgIpc) is 2.60. The third-order valence-electron chi connectivity index (χ3n) is 3.94. The van der Waals surface area contributed by atoms with Gasteiger partial charge in [0.1, 0.15) is 5.69 Å². The number of nitrogens with zero attached hydrogens (tertiary/aromatic N) is 2. The predicted molar refractivity (Wildman–Crippen MR) is 98.8 cm³/mol. The number of para-hydroxylation sites is 4. The van der Waals surface area contributed by atoms with E-state index >= 15 is 0 Å². The van der Waals surface area contributed by atoms with E-state index in [1.807, 2.05) is 59.5 Å². The van der Waals surface area contributed by atoms with E-state index in [0.717, 1.165) is 21.5 Å². The molecule has 0 aromatic heterocycles. The fourth-order valence-electron chi connectivity index (χ4n) is 2.94. The van der Waals surface area contributed by atoms with Crippen LogP contribution in [0, 0.1) is 10.1 Å². The second-order valence-electron chi connectivity index (χ2n) is 5.36. The molecular formula is C18H12BrN3O2. The van der Waals surface area contributed by atoms with Crippen molar-refractivity contribution in [3.63, 3.8) is 0 Å². The van der Waals surface area contributed by atoms with Crippen LogP contribution in [0.15, 0.2) is 71.2 Å². The summed E-state index contributed by atoms with van der Waals surface area (Å²) in [7, 11) is 0. The van der Waals surface area contributed by atoms with Crippen LogP contribution in [0.25, 0.3) is 0 Å². The Morgan fingerprint density at radius 2 is 1.54 bits per heavy atom. The lowest BCUT2D eigenvalue weighted by atomic mass is 10.1. The van der Waals surface area contributed by atoms with Crippen LogP contribution in [-0.2, 0) is 0 Å². The highest BCUT2D eigenvalue weighted by Gasteiger charge is 2.31. The van der Waals surface area contributed by atoms with Gasteiger partial charge in [-0.1, -0.05) is 30.3 Å². The minimum absolute atomic E-state index is 0.0604. The number of nitrogens with one attached hydrogen (secondary N) is 1. The average molecular weight is 382 g/mol. The summed E-state index contributed by atoms with van der Waals surface area (Å²) >= 11 is 3.57. The van der Waals surface area contributed by atoms with Gasteiger partial charge in [-0.15, -0.1) is 0 Å². The minimum Gasteiger partial charge on any atom is -0.352 e. The van der Waals surface area contributed by atoms with Crippen LogP contribution in [-0.4, -0.2) is 4.92 Å². The lowest BCUT2D eigenvalue weighted by Crippen LogP contribution is -2.19. The molecule has 1 N–H and O–H groups in total. The zero-order valence-corrected chi connectivity index (χ0v) is 14.0. The number of hydrogen-bond donors (Lipinski definition) is 1. The highest BCUT2D eigenvalue weighted by molar-refractivity contribution is 9.10. The van der Waals surface area contributed by atoms with Gasteiger partial charge in [0.25, 0.3) is 5.69 Å². The molecule has 0 saturated heterocycles. The summed E-state index contributed by atoms with van der Waals surface area (Å²) in [6.45, 7) is 0. The quantitative estimate of drug-likeness (QED) is 0.347. The summed E-state index contributed by atoms with van der Waals surface area (Å²) in [6, 6.07) is 20.5. The van der Waals surface area contributed by atoms with Gasteiger partial charge < -0.3 is 5.32 Å². The second kappa shape index (κ2) is 5.65. The molecule has 1 heterocycles. The first-order valence-corrected chi connectivity index (χ1v) is 8.14. The molecule has 0 aliphatic carbocycles. The monoisotopic (exact) mass is 381 g/mol. The molecule has 0 spiro atoms. The molecule has 0 bridgehead atoms. The van der Waals surface area contributed by atoms with Crippen molar-refractivity contribution in [1.29, 1.82) is 0 Å². The summed E-state index contributed by atoms with van der Waals surface area (Å²) in [5, 5.41) is 14.9. The van der Waals surface area contributed by atoms with Gasteiger partial charge in [-0.3, -0.25) is 15.0 Å². The van der Waals surface area contributed by atoms with Gasteiger partial charge in [-0.25, -0.2) is 0 Å². The number of nitro groups is 1. The maximum atomic E-state index is 11.6. The van der Waals surface area contributed by atoms with Crippen molar-refractivity contribution in [2.75, 3.05) is 10.2 Å². The van der Waals surface area contributed by atoms with Gasteiger partial charge in [0.2, 0.25) is 0 Å². The summed E-state index contributed by atoms with van der Waals surface area (Å²) < 4.78 is 0.866. The van der Waals surface area contributed by atoms with Crippen LogP contribution in [0.4, 0.5) is 34.1 Å². The molecule has 0 atom stereocenters. The molecule has 1 aliphatic rings. The Labute approximate surface area is 146 Å². The van der Waals surface area contributed by atoms with Gasteiger partial charge in [-0.05, 0) is 46.3 Å². The predicted octanol–water partition coefficient (Wildman–Crippen LogP) is 5.88. The Bertz CT molecular complexity index is 947. The van der Waals surface area contributed by atoms with E-state index in [-0.39, 0.29) is 10.6 Å². The zero-order chi connectivity index (χ0) is 16.7. The largest absolute Gasteiger partial charge is 0.352 e. The van der Waals surface area contributed by atoms with E-state index in [1.54, 1.807) is 6.07 Å². The van der Waals surface area contributed by atoms with E-state index in [2.05, 4.69) is 21.2 Å². The molecule has 0 amide bonds. The summed E-state index contributed by atoms with van der Waals surface area (Å²) in [5.41, 5.74) is 3.92. The first-order chi connectivity index (χ1) is 11.7. The van der Waals surface area contributed by atoms with Gasteiger partial charge >= 0.3 is 0 Å². The second-order valence-corrected chi connectivity index (χ2v) is 6.21. The number of fused-ring (bicyclic) bond motifs is 2. The van der Waals surface area contributed by atoms with Crippen molar-refractivity contribution < 1.29 is 4.92 Å². The maximum absolute atomic E-state index is 11.6. The van der Waals surface area contributed by atoms with Gasteiger partial charge in [0.15, 0.2) is 0 Å². The highest BCUT2D eigenvalue weighted by atomic mass is 79.9. The first-order valence-electron chi connectivity index (χ1n) is 7.35. The minimum atomic E-state index is -0.349. The van der Waals surface area contributed by atoms with Crippen LogP contribution in [0.2, 0.25) is 0 Å². The van der Waals surface area contributed by atoms with Gasteiger partial charge in [-0.2, -0.15) is 0 Å². The number of benzene rings is 3. The topological polar surface area (TPSA) is 58.4 Å². The summed E-state index contributed by atoms with van der Waals surface area (Å²) in [5.74, 6) is 0. The highest BCUT2D eigenvalue weighted by Crippen LogP contribution is 2.52. The maximum Gasteiger partial charge on any atom is 0.295 e. The van der Waals surface area contributed by atoms with Crippen molar-refractivity contribution in [2.24, 2.45) is 0 Å². The van der Waals surface area contributed by atoms with Crippen molar-refractivity contribution in [3.8, 4) is 0 Å². The van der Waals surface area contributed by atoms with Crippen molar-refractivity contribution in [3.05, 3.63) is 81.3 Å². The normalized spacial score (nSPS) is 12.1. The third kappa shape index (κ3) is 2.23. The Morgan fingerprint density at radius 1 is 0.875 bits per heavy atom. The number of rotatable bonds is 2. The SMILES string of the molecule is O=[N+]([O-])c1cccc2c1N(c1ccccc1Br)c1ccccc1N2. The van der Waals surface area contributed by atoms with E-state index in [0.29, 0.717) is 11.4 Å². The molecule has 0 unspecified atom stereocenters. The molecule has 24 heavy (non-hydrogen) atoms. The molecular weight excluding hydrogens is 370 g/mol. The number of anilines is 5. The molecule has 1 aliphatic heterocycles. The molecule has 0 radical (unpaired) electrons. The molecule has 118 valence electrons. The Hall–Kier alpha value is -2.86. The van der Waals surface area contributed by atoms with Gasteiger partial charge in [0, 0.05) is 10.5 Å². The molecule has 4 rings (SSSR count). The summed E-state index contributed by atoms with van der Waals surface area (Å²) in [4.78, 5) is 13.2. The van der Waals surface area contributed by atoms with E-state index in [1.165, 1.54) is 6.07 Å². The molecule has 0 saturated carbocycles. The van der Waals surface area contributed by atoms with Crippen LogP contribution >= 0.6 is 15.9 Å². The number of nitro benzene ring substituents is 1. The lowest BCUT2D eigenvalue weighted by Gasteiger charge is -2.33. The Kier molecular flexibility index (Phi) is 3.46. The van der Waals surface area contributed by atoms with Crippen molar-refractivity contribution >= 4 is 50.1 Å². The molecule has 5 nitrogen and oxygen atoms in total. The van der Waals surface area contributed by atoms with E-state index in [4.69, 9.17) is 0 Å². The fourth-order valence-corrected chi connectivity index (χ4v) is 3.40. The van der Waals surface area contributed by atoms with Crippen LogP contribution < -0.4 is 10.2 Å². The number of hydrogen-bond acceptors (Lipinski definition) is 4. The van der Waals surface area contributed by atoms with Crippen LogP contribution in [0.3, 0.4) is 0 Å². The fraction of sp³-hybridized carbons (Fsp3) is 0. The standard InChI is InChI=1S/C18H12BrN3O2/c19-12-6-1-3-9-15(12)21-16-10-4-2-7-13(16)20-14-8-5-11-17(18(14)21)22(23)24/h1-11,20H. The van der Waals surface area contributed by atoms with Crippen LogP contribution in [0.5, 0.6) is 0 Å². The molecule has 3 aromatic rings. The lowest BCUT2D eigenvalue weighted by molar-refractivity contribution is -0.384. The molecule has 0 fully saturated rings. The zero-order valence-electron chi connectivity index (χ0n) is 12.4. The van der Waals surface area contributed by atoms with E-state index < -0.39 is 0 Å². The third-order valence-corrected chi connectivity index (χ3v) is 4.61. The summed E-state index contributed by atoms with van der Waals surface area (Å²) in [6.07, 6.45) is 0. The van der Waals surface area contributed by atoms with Crippen molar-refractivity contribution in [1.82, 2.24) is 0 Å². The van der Waals surface area contributed by atoms with Crippen molar-refractivity contribution in [2.45, 2.75) is 0 Å². The molecule has 3 aromatic carbocycles.